The van der Waals surface area contributed by atoms with E-state index < -0.39 is 10.0 Å². The van der Waals surface area contributed by atoms with E-state index in [0.29, 0.717) is 32.4 Å². The van der Waals surface area contributed by atoms with Gasteiger partial charge in [0.05, 0.1) is 11.2 Å². The number of carbonyl (C=O) groups is 1. The average molecular weight is 365 g/mol. The molecule has 1 heterocycles. The van der Waals surface area contributed by atoms with Gasteiger partial charge in [-0.25, -0.2) is 12.7 Å². The Kier molecular flexibility index (Phi) is 5.49. The quantitative estimate of drug-likeness (QED) is 0.843. The summed E-state index contributed by atoms with van der Waals surface area (Å²) in [5, 5.41) is 3.20. The fourth-order valence-electron chi connectivity index (χ4n) is 3.92. The van der Waals surface area contributed by atoms with E-state index >= 15 is 0 Å². The van der Waals surface area contributed by atoms with Gasteiger partial charge in [-0.15, -0.1) is 0 Å². The highest BCUT2D eigenvalue weighted by molar-refractivity contribution is 7.89. The van der Waals surface area contributed by atoms with Crippen LogP contribution in [-0.2, 0) is 20.2 Å². The first-order valence-electron chi connectivity index (χ1n) is 9.32. The van der Waals surface area contributed by atoms with Crippen molar-refractivity contribution in [1.82, 2.24) is 9.62 Å². The molecule has 0 bridgehead atoms. The highest BCUT2D eigenvalue weighted by Gasteiger charge is 2.46. The highest BCUT2D eigenvalue weighted by Crippen LogP contribution is 2.44. The molecule has 6 heteroatoms. The number of nitrogens with zero attached hydrogens (tertiary/aromatic N) is 1. The molecule has 1 N–H and O–H groups in total. The van der Waals surface area contributed by atoms with Crippen LogP contribution >= 0.6 is 0 Å². The molecular weight excluding hydrogens is 336 g/mol. The van der Waals surface area contributed by atoms with Crippen LogP contribution in [0.15, 0.2) is 30.3 Å². The largest absolute Gasteiger partial charge is 0.352 e. The van der Waals surface area contributed by atoms with Gasteiger partial charge in [-0.3, -0.25) is 4.79 Å². The van der Waals surface area contributed by atoms with Crippen LogP contribution in [-0.4, -0.2) is 43.5 Å². The monoisotopic (exact) mass is 364 g/mol. The van der Waals surface area contributed by atoms with Crippen molar-refractivity contribution < 1.29 is 13.2 Å². The van der Waals surface area contributed by atoms with Crippen LogP contribution < -0.4 is 5.32 Å². The molecule has 1 aliphatic heterocycles. The number of sulfonamides is 1. The lowest BCUT2D eigenvalue weighted by Gasteiger charge is -2.42. The summed E-state index contributed by atoms with van der Waals surface area (Å²) in [6.45, 7) is 2.89. The third-order valence-corrected chi connectivity index (χ3v) is 7.69. The van der Waals surface area contributed by atoms with Gasteiger partial charge in [-0.1, -0.05) is 43.7 Å². The molecule has 0 unspecified atom stereocenters. The zero-order valence-corrected chi connectivity index (χ0v) is 15.7. The number of nitrogens with one attached hydrogen (secondary N) is 1. The first-order valence-corrected chi connectivity index (χ1v) is 10.9. The predicted molar refractivity (Wildman–Crippen MR) is 98.8 cm³/mol. The van der Waals surface area contributed by atoms with Gasteiger partial charge < -0.3 is 5.32 Å². The number of hydrogen-bond donors (Lipinski definition) is 1. The molecule has 1 amide bonds. The Morgan fingerprint density at radius 2 is 1.84 bits per heavy atom. The van der Waals surface area contributed by atoms with Gasteiger partial charge in [0, 0.05) is 19.1 Å². The van der Waals surface area contributed by atoms with E-state index in [1.807, 2.05) is 37.3 Å². The van der Waals surface area contributed by atoms with Crippen LogP contribution in [0.25, 0.3) is 0 Å². The zero-order chi connectivity index (χ0) is 17.9. The van der Waals surface area contributed by atoms with Crippen LogP contribution in [0.2, 0.25) is 0 Å². The summed E-state index contributed by atoms with van der Waals surface area (Å²) in [7, 11) is -3.13. The molecule has 1 saturated heterocycles. The molecule has 1 aliphatic carbocycles. The van der Waals surface area contributed by atoms with E-state index in [1.54, 1.807) is 4.31 Å². The van der Waals surface area contributed by atoms with E-state index in [4.69, 9.17) is 0 Å². The van der Waals surface area contributed by atoms with Crippen molar-refractivity contribution in [2.45, 2.75) is 56.9 Å². The number of rotatable bonds is 6. The molecule has 1 aromatic carbocycles. The maximum atomic E-state index is 13.0. The lowest BCUT2D eigenvalue weighted by atomic mass is 9.63. The molecule has 0 atom stereocenters. The van der Waals surface area contributed by atoms with Gasteiger partial charge in [0.25, 0.3) is 0 Å². The molecule has 0 aromatic heterocycles. The molecular formula is C19H28N2O3S. The summed E-state index contributed by atoms with van der Waals surface area (Å²) < 4.78 is 25.9. The van der Waals surface area contributed by atoms with Gasteiger partial charge in [-0.05, 0) is 37.7 Å². The second-order valence-electron chi connectivity index (χ2n) is 7.26. The van der Waals surface area contributed by atoms with Gasteiger partial charge in [0.15, 0.2) is 0 Å². The van der Waals surface area contributed by atoms with Crippen molar-refractivity contribution >= 4 is 15.9 Å². The van der Waals surface area contributed by atoms with Crippen LogP contribution in [0.4, 0.5) is 0 Å². The summed E-state index contributed by atoms with van der Waals surface area (Å²) in [6.07, 6.45) is 4.90. The molecule has 0 spiro atoms. The van der Waals surface area contributed by atoms with Crippen molar-refractivity contribution in [2.75, 3.05) is 18.8 Å². The fraction of sp³-hybridized carbons (Fsp3) is 0.632. The molecule has 138 valence electrons. The smallest absolute Gasteiger partial charge is 0.230 e. The molecule has 1 saturated carbocycles. The molecule has 2 aliphatic rings. The Morgan fingerprint density at radius 3 is 2.36 bits per heavy atom. The summed E-state index contributed by atoms with van der Waals surface area (Å²) in [4.78, 5) is 13.0. The minimum Gasteiger partial charge on any atom is -0.352 e. The zero-order valence-electron chi connectivity index (χ0n) is 14.9. The topological polar surface area (TPSA) is 66.5 Å². The minimum atomic E-state index is -3.13. The van der Waals surface area contributed by atoms with Crippen LogP contribution in [0.1, 0.15) is 51.0 Å². The fourth-order valence-corrected chi connectivity index (χ4v) is 5.46. The number of hydrogen-bond acceptors (Lipinski definition) is 3. The number of carbonyl (C=O) groups excluding carboxylic acids is 1. The first-order chi connectivity index (χ1) is 12.0. The average Bonchev–Trinajstić information content (AvgIpc) is 2.55. The second-order valence-corrected chi connectivity index (χ2v) is 9.35. The van der Waals surface area contributed by atoms with Gasteiger partial charge in [0.1, 0.15) is 0 Å². The van der Waals surface area contributed by atoms with Crippen molar-refractivity contribution in [3.63, 3.8) is 0 Å². The van der Waals surface area contributed by atoms with E-state index in [-0.39, 0.29) is 23.1 Å². The standard InChI is InChI=1S/C19H28N2O3S/c1-2-15-25(23,24)21-13-9-17(10-14-21)20-18(22)19(11-6-12-19)16-7-4-3-5-8-16/h3-5,7-8,17H,2,6,9-15H2,1H3,(H,20,22). The van der Waals surface area contributed by atoms with Crippen molar-refractivity contribution in [3.8, 4) is 0 Å². The van der Waals surface area contributed by atoms with Crippen molar-refractivity contribution in [2.24, 2.45) is 0 Å². The van der Waals surface area contributed by atoms with Crippen molar-refractivity contribution in [3.05, 3.63) is 35.9 Å². The van der Waals surface area contributed by atoms with Crippen LogP contribution in [0, 0.1) is 0 Å². The lowest BCUT2D eigenvalue weighted by molar-refractivity contribution is -0.130. The highest BCUT2D eigenvalue weighted by atomic mass is 32.2. The van der Waals surface area contributed by atoms with Crippen molar-refractivity contribution in [1.29, 1.82) is 0 Å². The molecule has 1 aromatic rings. The Morgan fingerprint density at radius 1 is 1.20 bits per heavy atom. The summed E-state index contributed by atoms with van der Waals surface area (Å²) in [5.41, 5.74) is 0.717. The third kappa shape index (κ3) is 3.75. The van der Waals surface area contributed by atoms with E-state index in [9.17, 15) is 13.2 Å². The molecule has 0 radical (unpaired) electrons. The van der Waals surface area contributed by atoms with Gasteiger partial charge >= 0.3 is 0 Å². The lowest BCUT2D eigenvalue weighted by Crippen LogP contribution is -2.54. The molecule has 3 rings (SSSR count). The number of piperidine rings is 1. The minimum absolute atomic E-state index is 0.0711. The summed E-state index contributed by atoms with van der Waals surface area (Å²) in [6, 6.07) is 10.1. The number of amides is 1. The predicted octanol–water partition coefficient (Wildman–Crippen LogP) is 2.43. The Hall–Kier alpha value is -1.40. The number of benzene rings is 1. The van der Waals surface area contributed by atoms with E-state index in [2.05, 4.69) is 5.32 Å². The van der Waals surface area contributed by atoms with E-state index in [1.165, 1.54) is 0 Å². The third-order valence-electron chi connectivity index (χ3n) is 5.61. The first kappa shape index (κ1) is 18.4. The van der Waals surface area contributed by atoms with Crippen LogP contribution in [0.5, 0.6) is 0 Å². The molecule has 25 heavy (non-hydrogen) atoms. The Bertz CT molecular complexity index is 691. The summed E-state index contributed by atoms with van der Waals surface area (Å²) >= 11 is 0. The Labute approximate surface area is 150 Å². The van der Waals surface area contributed by atoms with Gasteiger partial charge in [-0.2, -0.15) is 0 Å². The SMILES string of the molecule is CCCS(=O)(=O)N1CCC(NC(=O)C2(c3ccccc3)CCC2)CC1. The molecule has 2 fully saturated rings. The second kappa shape index (κ2) is 7.46. The van der Waals surface area contributed by atoms with Gasteiger partial charge in [0.2, 0.25) is 15.9 Å². The molecule has 5 nitrogen and oxygen atoms in total. The maximum Gasteiger partial charge on any atom is 0.230 e. The Balaban J connectivity index is 1.60. The normalized spacial score (nSPS) is 21.5. The summed E-state index contributed by atoms with van der Waals surface area (Å²) in [5.74, 6) is 0.320. The van der Waals surface area contributed by atoms with Crippen LogP contribution in [0.3, 0.4) is 0 Å². The van der Waals surface area contributed by atoms with E-state index in [0.717, 1.165) is 24.8 Å². The maximum absolute atomic E-state index is 13.0.